The van der Waals surface area contributed by atoms with Gasteiger partial charge in [-0.2, -0.15) is 0 Å². The molecule has 5 N–H and O–H groups in total. The van der Waals surface area contributed by atoms with Crippen molar-refractivity contribution in [1.29, 1.82) is 0 Å². The van der Waals surface area contributed by atoms with E-state index in [2.05, 4.69) is 16.7 Å². The zero-order valence-corrected chi connectivity index (χ0v) is 15.9. The predicted molar refractivity (Wildman–Crippen MR) is 103 cm³/mol. The first-order valence-electron chi connectivity index (χ1n) is 9.46. The number of amides is 2. The van der Waals surface area contributed by atoms with Crippen LogP contribution < -0.4 is 10.6 Å². The third-order valence-electron chi connectivity index (χ3n) is 4.95. The summed E-state index contributed by atoms with van der Waals surface area (Å²) in [5, 5.41) is 33.5. The highest BCUT2D eigenvalue weighted by molar-refractivity contribution is 6.43. The summed E-state index contributed by atoms with van der Waals surface area (Å²) >= 11 is 0. The van der Waals surface area contributed by atoms with Gasteiger partial charge >= 0.3 is 7.12 Å². The Labute approximate surface area is 160 Å². The summed E-state index contributed by atoms with van der Waals surface area (Å²) in [6.07, 6.45) is 2.47. The first-order valence-corrected chi connectivity index (χ1v) is 9.46. The lowest BCUT2D eigenvalue weighted by Gasteiger charge is -2.27. The van der Waals surface area contributed by atoms with Gasteiger partial charge in [-0.25, -0.2) is 0 Å². The number of aryl methyl sites for hydroxylation is 1. The molecule has 0 spiro atoms. The number of fused-ring (bicyclic) bond motifs is 1. The molecule has 2 rings (SSSR count). The Morgan fingerprint density at radius 3 is 2.44 bits per heavy atom. The Kier molecular flexibility index (Phi) is 7.83. The Balaban J connectivity index is 1.95. The van der Waals surface area contributed by atoms with Crippen LogP contribution in [0.4, 0.5) is 0 Å². The van der Waals surface area contributed by atoms with Gasteiger partial charge < -0.3 is 25.8 Å². The Morgan fingerprint density at radius 1 is 1.19 bits per heavy atom. The predicted octanol–water partition coefficient (Wildman–Crippen LogP) is -0.188. The highest BCUT2D eigenvalue weighted by Crippen LogP contribution is 2.25. The lowest BCUT2D eigenvalue weighted by Crippen LogP contribution is -2.56. The van der Waals surface area contributed by atoms with Gasteiger partial charge in [-0.1, -0.05) is 38.1 Å². The average molecular weight is 376 g/mol. The summed E-state index contributed by atoms with van der Waals surface area (Å²) in [4.78, 5) is 25.0. The number of hydrogen-bond donors (Lipinski definition) is 5. The van der Waals surface area contributed by atoms with E-state index in [0.29, 0.717) is 19.3 Å². The van der Waals surface area contributed by atoms with Crippen LogP contribution >= 0.6 is 0 Å². The molecule has 0 heterocycles. The molecule has 0 saturated heterocycles. The molecule has 3 atom stereocenters. The van der Waals surface area contributed by atoms with Gasteiger partial charge in [0.05, 0.1) is 12.5 Å². The molecule has 2 unspecified atom stereocenters. The maximum atomic E-state index is 12.6. The first kappa shape index (κ1) is 21.4. The maximum Gasteiger partial charge on any atom is 0.475 e. The van der Waals surface area contributed by atoms with Crippen LogP contribution in [0.3, 0.4) is 0 Å². The molecule has 0 radical (unpaired) electrons. The van der Waals surface area contributed by atoms with E-state index in [9.17, 15) is 24.7 Å². The molecule has 8 heteroatoms. The van der Waals surface area contributed by atoms with E-state index in [-0.39, 0.29) is 17.7 Å². The van der Waals surface area contributed by atoms with E-state index in [1.165, 1.54) is 5.56 Å². The van der Waals surface area contributed by atoms with Gasteiger partial charge in [0.25, 0.3) is 0 Å². The minimum Gasteiger partial charge on any atom is -0.426 e. The topological polar surface area (TPSA) is 119 Å². The summed E-state index contributed by atoms with van der Waals surface area (Å²) in [5.74, 6) is -1.87. The number of carbonyl (C=O) groups excluding carboxylic acids is 2. The molecule has 1 aromatic carbocycles. The molecule has 1 aromatic rings. The van der Waals surface area contributed by atoms with Gasteiger partial charge in [0.15, 0.2) is 0 Å². The SMILES string of the molecule is CC(C)CC(NC(=O)[C@H](CO)NC(=O)C1CCc2ccccc2C1)B(O)O. The summed E-state index contributed by atoms with van der Waals surface area (Å²) in [6, 6.07) is 6.86. The smallest absolute Gasteiger partial charge is 0.426 e. The Hall–Kier alpha value is -1.90. The van der Waals surface area contributed by atoms with E-state index >= 15 is 0 Å². The van der Waals surface area contributed by atoms with Crippen molar-refractivity contribution < 1.29 is 24.7 Å². The van der Waals surface area contributed by atoms with Gasteiger partial charge in [-0.15, -0.1) is 0 Å². The van der Waals surface area contributed by atoms with Crippen LogP contribution in [0.5, 0.6) is 0 Å². The van der Waals surface area contributed by atoms with Crippen LogP contribution in [-0.4, -0.2) is 52.7 Å². The van der Waals surface area contributed by atoms with Crippen molar-refractivity contribution in [2.24, 2.45) is 11.8 Å². The van der Waals surface area contributed by atoms with Crippen molar-refractivity contribution in [1.82, 2.24) is 10.6 Å². The van der Waals surface area contributed by atoms with Gasteiger partial charge in [0.2, 0.25) is 11.8 Å². The lowest BCUT2D eigenvalue weighted by atomic mass is 9.75. The van der Waals surface area contributed by atoms with Crippen LogP contribution in [0.2, 0.25) is 0 Å². The molecular weight excluding hydrogens is 347 g/mol. The zero-order valence-electron chi connectivity index (χ0n) is 15.9. The molecule has 27 heavy (non-hydrogen) atoms. The van der Waals surface area contributed by atoms with Crippen molar-refractivity contribution in [2.75, 3.05) is 6.61 Å². The number of rotatable bonds is 8. The van der Waals surface area contributed by atoms with Crippen LogP contribution in [0.25, 0.3) is 0 Å². The average Bonchev–Trinajstić information content (AvgIpc) is 2.64. The molecule has 7 nitrogen and oxygen atoms in total. The fraction of sp³-hybridized carbons (Fsp3) is 0.579. The monoisotopic (exact) mass is 376 g/mol. The number of nitrogens with one attached hydrogen (secondary N) is 2. The minimum absolute atomic E-state index is 0.140. The van der Waals surface area contributed by atoms with E-state index in [0.717, 1.165) is 12.0 Å². The molecule has 1 aliphatic carbocycles. The van der Waals surface area contributed by atoms with E-state index < -0.39 is 31.6 Å². The van der Waals surface area contributed by atoms with E-state index in [4.69, 9.17) is 0 Å². The first-order chi connectivity index (χ1) is 12.8. The number of benzene rings is 1. The van der Waals surface area contributed by atoms with Gasteiger partial charge in [-0.3, -0.25) is 9.59 Å². The van der Waals surface area contributed by atoms with Gasteiger partial charge in [0.1, 0.15) is 6.04 Å². The van der Waals surface area contributed by atoms with Crippen molar-refractivity contribution in [3.63, 3.8) is 0 Å². The van der Waals surface area contributed by atoms with Crippen LogP contribution in [0.15, 0.2) is 24.3 Å². The highest BCUT2D eigenvalue weighted by atomic mass is 16.4. The van der Waals surface area contributed by atoms with Gasteiger partial charge in [-0.05, 0) is 42.7 Å². The second-order valence-electron chi connectivity index (χ2n) is 7.61. The zero-order chi connectivity index (χ0) is 20.0. The maximum absolute atomic E-state index is 12.6. The second kappa shape index (κ2) is 9.87. The van der Waals surface area contributed by atoms with E-state index in [1.54, 1.807) is 0 Å². The van der Waals surface area contributed by atoms with E-state index in [1.807, 2.05) is 32.0 Å². The summed E-state index contributed by atoms with van der Waals surface area (Å²) in [5.41, 5.74) is 2.38. The summed E-state index contributed by atoms with van der Waals surface area (Å²) in [7, 11) is -1.71. The van der Waals surface area contributed by atoms with Crippen molar-refractivity contribution in [3.8, 4) is 0 Å². The Morgan fingerprint density at radius 2 is 1.85 bits per heavy atom. The molecule has 0 bridgehead atoms. The molecule has 148 valence electrons. The highest BCUT2D eigenvalue weighted by Gasteiger charge is 2.31. The standard InChI is InChI=1S/C19H29BN2O5/c1-12(2)9-17(20(26)27)22-19(25)16(11-23)21-18(24)15-8-7-13-5-3-4-6-14(13)10-15/h3-6,12,15-17,23,26-27H,7-11H2,1-2H3,(H,21,24)(H,22,25)/t15?,16-,17?/m0/s1. The van der Waals surface area contributed by atoms with Gasteiger partial charge in [0, 0.05) is 5.92 Å². The number of carbonyl (C=O) groups is 2. The molecular formula is C19H29BN2O5. The van der Waals surface area contributed by atoms with Crippen molar-refractivity contribution in [3.05, 3.63) is 35.4 Å². The fourth-order valence-corrected chi connectivity index (χ4v) is 3.45. The molecule has 1 aliphatic rings. The van der Waals surface area contributed by atoms with Crippen molar-refractivity contribution in [2.45, 2.75) is 51.5 Å². The number of hydrogen-bond acceptors (Lipinski definition) is 5. The normalized spacial score (nSPS) is 18.4. The summed E-state index contributed by atoms with van der Waals surface area (Å²) in [6.45, 7) is 3.23. The largest absolute Gasteiger partial charge is 0.475 e. The van der Waals surface area contributed by atoms with Crippen LogP contribution in [0, 0.1) is 11.8 Å². The van der Waals surface area contributed by atoms with Crippen LogP contribution in [-0.2, 0) is 22.4 Å². The molecule has 0 aromatic heterocycles. The molecule has 0 aliphatic heterocycles. The number of aliphatic hydroxyl groups excluding tert-OH is 1. The lowest BCUT2D eigenvalue weighted by molar-refractivity contribution is -0.132. The molecule has 0 saturated carbocycles. The number of aliphatic hydroxyl groups is 1. The third-order valence-corrected chi connectivity index (χ3v) is 4.95. The Bertz CT molecular complexity index is 653. The quantitative estimate of drug-likeness (QED) is 0.403. The van der Waals surface area contributed by atoms with Crippen LogP contribution in [0.1, 0.15) is 37.8 Å². The second-order valence-corrected chi connectivity index (χ2v) is 7.61. The minimum atomic E-state index is -1.71. The fourth-order valence-electron chi connectivity index (χ4n) is 3.45. The third kappa shape index (κ3) is 6.05. The van der Waals surface area contributed by atoms with Crippen molar-refractivity contribution >= 4 is 18.9 Å². The molecule has 2 amide bonds. The summed E-state index contributed by atoms with van der Waals surface area (Å²) < 4.78 is 0. The molecule has 0 fully saturated rings.